The molecular formula is C19H16N4O2. The van der Waals surface area contributed by atoms with Crippen molar-refractivity contribution in [3.63, 3.8) is 0 Å². The number of hydrogen-bond donors (Lipinski definition) is 2. The zero-order valence-corrected chi connectivity index (χ0v) is 13.5. The zero-order chi connectivity index (χ0) is 17.6. The molecule has 2 amide bonds. The van der Waals surface area contributed by atoms with Crippen LogP contribution in [0.2, 0.25) is 0 Å². The Hall–Kier alpha value is -3.41. The number of H-pyrrole nitrogens is 1. The van der Waals surface area contributed by atoms with Crippen LogP contribution in [-0.2, 0) is 11.3 Å². The number of nitrogens with two attached hydrogens (primary N) is 1. The summed E-state index contributed by atoms with van der Waals surface area (Å²) in [5, 5.41) is 8.88. The van der Waals surface area contributed by atoms with Crippen molar-refractivity contribution >= 4 is 22.6 Å². The van der Waals surface area contributed by atoms with Crippen molar-refractivity contribution in [2.24, 2.45) is 5.73 Å². The van der Waals surface area contributed by atoms with Crippen LogP contribution in [-0.4, -0.2) is 33.5 Å². The highest BCUT2D eigenvalue weighted by Crippen LogP contribution is 2.33. The fourth-order valence-electron chi connectivity index (χ4n) is 3.21. The first-order valence-electron chi connectivity index (χ1n) is 7.86. The maximum Gasteiger partial charge on any atom is 0.254 e. The van der Waals surface area contributed by atoms with Crippen molar-refractivity contribution in [2.75, 3.05) is 6.54 Å². The third kappa shape index (κ3) is 2.48. The first-order valence-corrected chi connectivity index (χ1v) is 7.86. The third-order valence-corrected chi connectivity index (χ3v) is 4.56. The highest BCUT2D eigenvalue weighted by Gasteiger charge is 2.29. The van der Waals surface area contributed by atoms with Crippen molar-refractivity contribution in [2.45, 2.75) is 6.54 Å². The molecular weight excluding hydrogens is 316 g/mol. The Morgan fingerprint density at radius 2 is 2.08 bits per heavy atom. The van der Waals surface area contributed by atoms with E-state index in [1.165, 1.54) is 0 Å². The summed E-state index contributed by atoms with van der Waals surface area (Å²) in [6.45, 7) is 4.23. The van der Waals surface area contributed by atoms with Gasteiger partial charge in [-0.05, 0) is 34.0 Å². The van der Waals surface area contributed by atoms with Gasteiger partial charge in [0.25, 0.3) is 5.91 Å². The molecule has 1 aliphatic rings. The Labute approximate surface area is 143 Å². The molecule has 2 heterocycles. The molecule has 1 aromatic heterocycles. The number of carbonyl (C=O) groups is 2. The van der Waals surface area contributed by atoms with Crippen LogP contribution in [0.5, 0.6) is 0 Å². The molecule has 3 N–H and O–H groups in total. The number of hydrogen-bond acceptors (Lipinski definition) is 3. The molecule has 2 aromatic carbocycles. The molecule has 0 radical (unpaired) electrons. The molecule has 25 heavy (non-hydrogen) atoms. The Balaban J connectivity index is 1.77. The highest BCUT2D eigenvalue weighted by molar-refractivity contribution is 6.05. The SMILES string of the molecule is C=C(CN1Cc2c(ccc3ccc(-c4cn[nH]c4)cc23)C1=O)C(N)=O. The van der Waals surface area contributed by atoms with Gasteiger partial charge in [-0.1, -0.05) is 24.8 Å². The molecule has 0 atom stereocenters. The fourth-order valence-corrected chi connectivity index (χ4v) is 3.21. The first kappa shape index (κ1) is 15.1. The quantitative estimate of drug-likeness (QED) is 0.718. The lowest BCUT2D eigenvalue weighted by molar-refractivity contribution is -0.114. The summed E-state index contributed by atoms with van der Waals surface area (Å²) in [5.41, 5.74) is 9.11. The number of fused-ring (bicyclic) bond motifs is 3. The van der Waals surface area contributed by atoms with Crippen LogP contribution in [0.3, 0.4) is 0 Å². The van der Waals surface area contributed by atoms with Gasteiger partial charge >= 0.3 is 0 Å². The minimum atomic E-state index is -0.587. The Morgan fingerprint density at radius 1 is 1.28 bits per heavy atom. The molecule has 0 fully saturated rings. The summed E-state index contributed by atoms with van der Waals surface area (Å²) in [5.74, 6) is -0.691. The van der Waals surface area contributed by atoms with Crippen LogP contribution in [0.15, 0.2) is 54.9 Å². The van der Waals surface area contributed by atoms with Gasteiger partial charge in [-0.2, -0.15) is 5.10 Å². The first-order chi connectivity index (χ1) is 12.0. The summed E-state index contributed by atoms with van der Waals surface area (Å²) >= 11 is 0. The van der Waals surface area contributed by atoms with Crippen LogP contribution in [0, 0.1) is 0 Å². The highest BCUT2D eigenvalue weighted by atomic mass is 16.2. The number of nitrogens with zero attached hydrogens (tertiary/aromatic N) is 2. The van der Waals surface area contributed by atoms with E-state index >= 15 is 0 Å². The van der Waals surface area contributed by atoms with Gasteiger partial charge in [0.2, 0.25) is 5.91 Å². The van der Waals surface area contributed by atoms with Gasteiger partial charge in [0.15, 0.2) is 0 Å². The number of rotatable bonds is 4. The van der Waals surface area contributed by atoms with E-state index in [1.807, 2.05) is 30.5 Å². The summed E-state index contributed by atoms with van der Waals surface area (Å²) in [7, 11) is 0. The number of nitrogens with one attached hydrogen (secondary N) is 1. The minimum absolute atomic E-state index is 0.104. The lowest BCUT2D eigenvalue weighted by Crippen LogP contribution is -2.30. The number of carbonyl (C=O) groups excluding carboxylic acids is 2. The second-order valence-corrected chi connectivity index (χ2v) is 6.14. The zero-order valence-electron chi connectivity index (χ0n) is 13.5. The molecule has 0 aliphatic carbocycles. The van der Waals surface area contributed by atoms with E-state index < -0.39 is 5.91 Å². The van der Waals surface area contributed by atoms with Crippen LogP contribution in [0.25, 0.3) is 21.9 Å². The third-order valence-electron chi connectivity index (χ3n) is 4.56. The minimum Gasteiger partial charge on any atom is -0.366 e. The lowest BCUT2D eigenvalue weighted by Gasteiger charge is -2.15. The summed E-state index contributed by atoms with van der Waals surface area (Å²) < 4.78 is 0. The molecule has 0 saturated carbocycles. The van der Waals surface area contributed by atoms with E-state index in [1.54, 1.807) is 11.1 Å². The number of primary amides is 1. The molecule has 6 nitrogen and oxygen atoms in total. The topological polar surface area (TPSA) is 92.1 Å². The fraction of sp³-hybridized carbons (Fsp3) is 0.105. The number of aromatic amines is 1. The summed E-state index contributed by atoms with van der Waals surface area (Å²) in [6.07, 6.45) is 3.59. The average Bonchev–Trinajstić information content (AvgIpc) is 3.24. The van der Waals surface area contributed by atoms with E-state index in [9.17, 15) is 9.59 Å². The van der Waals surface area contributed by atoms with Gasteiger partial charge in [0.05, 0.1) is 12.7 Å². The van der Waals surface area contributed by atoms with Crippen molar-refractivity contribution in [1.82, 2.24) is 15.1 Å². The van der Waals surface area contributed by atoms with E-state index in [-0.39, 0.29) is 18.0 Å². The molecule has 4 rings (SSSR count). The van der Waals surface area contributed by atoms with Crippen molar-refractivity contribution in [3.05, 3.63) is 66.0 Å². The Morgan fingerprint density at radius 3 is 2.80 bits per heavy atom. The maximum atomic E-state index is 12.6. The molecule has 0 saturated heterocycles. The lowest BCUT2D eigenvalue weighted by atomic mass is 9.97. The van der Waals surface area contributed by atoms with Crippen LogP contribution in [0.4, 0.5) is 0 Å². The Kier molecular flexibility index (Phi) is 3.39. The van der Waals surface area contributed by atoms with E-state index in [0.29, 0.717) is 12.1 Å². The monoisotopic (exact) mass is 332 g/mol. The van der Waals surface area contributed by atoms with Gasteiger partial charge in [0, 0.05) is 29.4 Å². The largest absolute Gasteiger partial charge is 0.366 e. The van der Waals surface area contributed by atoms with Gasteiger partial charge in [0.1, 0.15) is 0 Å². The van der Waals surface area contributed by atoms with Crippen molar-refractivity contribution < 1.29 is 9.59 Å². The second kappa shape index (κ2) is 5.59. The molecule has 6 heteroatoms. The summed E-state index contributed by atoms with van der Waals surface area (Å²) in [6, 6.07) is 9.91. The molecule has 3 aromatic rings. The van der Waals surface area contributed by atoms with Crippen LogP contribution < -0.4 is 5.73 Å². The number of aromatic nitrogens is 2. The number of benzene rings is 2. The van der Waals surface area contributed by atoms with Gasteiger partial charge in [-0.15, -0.1) is 0 Å². The molecule has 0 spiro atoms. The van der Waals surface area contributed by atoms with Gasteiger partial charge in [-0.25, -0.2) is 0 Å². The van der Waals surface area contributed by atoms with Crippen molar-refractivity contribution in [1.29, 1.82) is 0 Å². The standard InChI is InChI=1S/C19H16N4O2/c1-11(18(20)24)9-23-10-17-15(19(23)25)5-4-12-2-3-13(6-16(12)17)14-7-21-22-8-14/h2-8H,1,9-10H2,(H2,20,24)(H,21,22). The molecule has 0 unspecified atom stereocenters. The van der Waals surface area contributed by atoms with Gasteiger partial charge < -0.3 is 10.6 Å². The smallest absolute Gasteiger partial charge is 0.254 e. The predicted molar refractivity (Wildman–Crippen MR) is 94.6 cm³/mol. The van der Waals surface area contributed by atoms with E-state index in [4.69, 9.17) is 5.73 Å². The van der Waals surface area contributed by atoms with Crippen molar-refractivity contribution in [3.8, 4) is 11.1 Å². The molecule has 0 bridgehead atoms. The van der Waals surface area contributed by atoms with Crippen LogP contribution in [0.1, 0.15) is 15.9 Å². The molecule has 1 aliphatic heterocycles. The average molecular weight is 332 g/mol. The van der Waals surface area contributed by atoms with E-state index in [0.717, 1.165) is 27.5 Å². The normalized spacial score (nSPS) is 13.3. The van der Waals surface area contributed by atoms with Gasteiger partial charge in [-0.3, -0.25) is 14.7 Å². The van der Waals surface area contributed by atoms with Crippen LogP contribution >= 0.6 is 0 Å². The molecule has 124 valence electrons. The maximum absolute atomic E-state index is 12.6. The van der Waals surface area contributed by atoms with E-state index in [2.05, 4.69) is 22.8 Å². The Bertz CT molecular complexity index is 1020. The predicted octanol–water partition coefficient (Wildman–Crippen LogP) is 2.23. The number of amides is 2. The second-order valence-electron chi connectivity index (χ2n) is 6.14. The summed E-state index contributed by atoms with van der Waals surface area (Å²) in [4.78, 5) is 25.5.